The molecule has 1 unspecified atom stereocenters. The minimum absolute atomic E-state index is 0.0210. The summed E-state index contributed by atoms with van der Waals surface area (Å²) in [5, 5.41) is 9.03. The smallest absolute Gasteiger partial charge is 0.276 e. The van der Waals surface area contributed by atoms with E-state index in [1.54, 1.807) is 25.1 Å². The fourth-order valence-electron chi connectivity index (χ4n) is 4.16. The van der Waals surface area contributed by atoms with Crippen molar-refractivity contribution in [3.63, 3.8) is 0 Å². The summed E-state index contributed by atoms with van der Waals surface area (Å²) in [7, 11) is 1.85. The van der Waals surface area contributed by atoms with Gasteiger partial charge in [-0.05, 0) is 29.8 Å². The Balaban J connectivity index is 1.24. The van der Waals surface area contributed by atoms with Gasteiger partial charge in [0.05, 0.1) is 18.8 Å². The van der Waals surface area contributed by atoms with E-state index in [0.717, 1.165) is 5.56 Å². The van der Waals surface area contributed by atoms with Crippen LogP contribution in [0.25, 0.3) is 0 Å². The van der Waals surface area contributed by atoms with E-state index in [9.17, 15) is 9.59 Å². The number of aryl methyl sites for hydroxylation is 1. The molecule has 2 aliphatic heterocycles. The molecule has 0 saturated carbocycles. The molecule has 2 aromatic heterocycles. The van der Waals surface area contributed by atoms with Crippen molar-refractivity contribution in [1.82, 2.24) is 29.4 Å². The number of carbonyl (C=O) groups excluding carboxylic acids is 2. The predicted molar refractivity (Wildman–Crippen MR) is 116 cm³/mol. The van der Waals surface area contributed by atoms with Crippen molar-refractivity contribution in [2.24, 2.45) is 7.05 Å². The van der Waals surface area contributed by atoms with Crippen LogP contribution in [0.1, 0.15) is 38.3 Å². The molecule has 9 nitrogen and oxygen atoms in total. The van der Waals surface area contributed by atoms with Crippen LogP contribution in [-0.4, -0.2) is 67.4 Å². The van der Waals surface area contributed by atoms with Gasteiger partial charge in [-0.25, -0.2) is 4.68 Å². The van der Waals surface area contributed by atoms with E-state index < -0.39 is 0 Å². The Morgan fingerprint density at radius 3 is 2.38 bits per heavy atom. The average molecular weight is 455 g/mol. The lowest BCUT2D eigenvalue weighted by Gasteiger charge is -2.34. The zero-order valence-corrected chi connectivity index (χ0v) is 18.4. The fraction of sp³-hybridized carbons (Fsp3) is 0.364. The number of aromatic nitrogens is 4. The summed E-state index contributed by atoms with van der Waals surface area (Å²) in [5.41, 5.74) is 2.65. The highest BCUT2D eigenvalue weighted by Crippen LogP contribution is 2.28. The maximum absolute atomic E-state index is 13.1. The minimum atomic E-state index is -0.175. The van der Waals surface area contributed by atoms with Crippen LogP contribution in [0.2, 0.25) is 5.02 Å². The molecule has 32 heavy (non-hydrogen) atoms. The van der Waals surface area contributed by atoms with Crippen LogP contribution in [-0.2, 0) is 24.9 Å². The van der Waals surface area contributed by atoms with Gasteiger partial charge in [-0.3, -0.25) is 9.59 Å². The Hall–Kier alpha value is -3.17. The van der Waals surface area contributed by atoms with Crippen molar-refractivity contribution in [2.45, 2.75) is 19.3 Å². The number of fused-ring (bicyclic) bond motifs is 1. The first-order valence-corrected chi connectivity index (χ1v) is 10.9. The second kappa shape index (κ2) is 8.40. The lowest BCUT2D eigenvalue weighted by atomic mass is 10.1. The maximum Gasteiger partial charge on any atom is 0.276 e. The van der Waals surface area contributed by atoms with Gasteiger partial charge in [0, 0.05) is 44.4 Å². The number of benzene rings is 1. The number of nitrogens with zero attached hydrogens (tertiary/aromatic N) is 6. The molecule has 0 aliphatic carbocycles. The topological polar surface area (TPSA) is 85.5 Å². The Labute approximate surface area is 190 Å². The number of piperazine rings is 1. The van der Waals surface area contributed by atoms with Crippen LogP contribution < -0.4 is 0 Å². The van der Waals surface area contributed by atoms with Crippen LogP contribution in [0.5, 0.6) is 0 Å². The Morgan fingerprint density at radius 2 is 1.72 bits per heavy atom. The van der Waals surface area contributed by atoms with Gasteiger partial charge in [-0.2, -0.15) is 0 Å². The van der Waals surface area contributed by atoms with Crippen molar-refractivity contribution in [3.8, 4) is 0 Å². The molecule has 1 saturated heterocycles. The van der Waals surface area contributed by atoms with Gasteiger partial charge in [-0.15, -0.1) is 5.10 Å². The second-order valence-corrected chi connectivity index (χ2v) is 8.44. The number of ether oxygens (including phenoxy) is 1. The van der Waals surface area contributed by atoms with E-state index in [-0.39, 0.29) is 24.5 Å². The van der Waals surface area contributed by atoms with Crippen molar-refractivity contribution in [2.75, 3.05) is 26.2 Å². The fourth-order valence-corrected chi connectivity index (χ4v) is 4.29. The standard InChI is InChI=1S/C22H23ClN6O3/c1-26-8-2-3-17(26)21(30)27-9-11-28(12-10-27)22(31)20-18-14-32-19(13-29(18)25-24-20)15-4-6-16(23)7-5-15/h2-8,19H,9-14H2,1H3. The summed E-state index contributed by atoms with van der Waals surface area (Å²) in [6, 6.07) is 11.2. The third kappa shape index (κ3) is 3.78. The van der Waals surface area contributed by atoms with Crippen molar-refractivity contribution in [3.05, 3.63) is 70.3 Å². The SMILES string of the molecule is Cn1cccc1C(=O)N1CCN(C(=O)c2nnn3c2COC(c2ccc(Cl)cc2)C3)CC1. The Morgan fingerprint density at radius 1 is 1.03 bits per heavy atom. The summed E-state index contributed by atoms with van der Waals surface area (Å²) in [6.07, 6.45) is 1.68. The summed E-state index contributed by atoms with van der Waals surface area (Å²) >= 11 is 5.97. The molecule has 2 amide bonds. The number of hydrogen-bond acceptors (Lipinski definition) is 5. The van der Waals surface area contributed by atoms with Gasteiger partial charge in [0.15, 0.2) is 5.69 Å². The van der Waals surface area contributed by atoms with Gasteiger partial charge < -0.3 is 19.1 Å². The molecule has 5 rings (SSSR count). The maximum atomic E-state index is 13.1. The molecule has 0 spiro atoms. The zero-order chi connectivity index (χ0) is 22.2. The number of rotatable bonds is 3. The quantitative estimate of drug-likeness (QED) is 0.605. The minimum Gasteiger partial charge on any atom is -0.365 e. The van der Waals surface area contributed by atoms with Gasteiger partial charge in [-0.1, -0.05) is 28.9 Å². The van der Waals surface area contributed by atoms with Gasteiger partial charge in [0.1, 0.15) is 11.8 Å². The average Bonchev–Trinajstić information content (AvgIpc) is 3.44. The first-order valence-electron chi connectivity index (χ1n) is 10.5. The van der Waals surface area contributed by atoms with Crippen LogP contribution >= 0.6 is 11.6 Å². The monoisotopic (exact) mass is 454 g/mol. The molecule has 1 fully saturated rings. The molecular formula is C22H23ClN6O3. The molecule has 0 radical (unpaired) electrons. The first kappa shape index (κ1) is 20.7. The summed E-state index contributed by atoms with van der Waals surface area (Å²) in [5.74, 6) is -0.196. The molecule has 4 heterocycles. The number of hydrogen-bond donors (Lipinski definition) is 0. The number of halogens is 1. The lowest BCUT2D eigenvalue weighted by Crippen LogP contribution is -2.51. The molecule has 1 aromatic carbocycles. The molecule has 1 atom stereocenters. The molecular weight excluding hydrogens is 432 g/mol. The van der Waals surface area contributed by atoms with Crippen molar-refractivity contribution < 1.29 is 14.3 Å². The van der Waals surface area contributed by atoms with E-state index in [2.05, 4.69) is 10.3 Å². The van der Waals surface area contributed by atoms with Gasteiger partial charge >= 0.3 is 0 Å². The van der Waals surface area contributed by atoms with Crippen LogP contribution in [0.15, 0.2) is 42.6 Å². The first-order chi connectivity index (χ1) is 15.5. The third-order valence-corrected chi connectivity index (χ3v) is 6.31. The summed E-state index contributed by atoms with van der Waals surface area (Å²) in [4.78, 5) is 29.3. The van der Waals surface area contributed by atoms with Crippen LogP contribution in [0.4, 0.5) is 0 Å². The second-order valence-electron chi connectivity index (χ2n) is 8.01. The van der Waals surface area contributed by atoms with Crippen molar-refractivity contribution in [1.29, 1.82) is 0 Å². The molecule has 2 aliphatic rings. The van der Waals surface area contributed by atoms with Crippen LogP contribution in [0, 0.1) is 0 Å². The van der Waals surface area contributed by atoms with Gasteiger partial charge in [0.2, 0.25) is 0 Å². The highest BCUT2D eigenvalue weighted by molar-refractivity contribution is 6.30. The van der Waals surface area contributed by atoms with E-state index >= 15 is 0 Å². The lowest BCUT2D eigenvalue weighted by molar-refractivity contribution is -0.00202. The number of carbonyl (C=O) groups is 2. The van der Waals surface area contributed by atoms with Crippen molar-refractivity contribution >= 4 is 23.4 Å². The summed E-state index contributed by atoms with van der Waals surface area (Å²) < 4.78 is 9.55. The molecule has 166 valence electrons. The molecule has 0 N–H and O–H groups in total. The highest BCUT2D eigenvalue weighted by atomic mass is 35.5. The predicted octanol–water partition coefficient (Wildman–Crippen LogP) is 2.14. The molecule has 10 heteroatoms. The molecule has 0 bridgehead atoms. The molecule has 3 aromatic rings. The zero-order valence-electron chi connectivity index (χ0n) is 17.6. The van der Waals surface area contributed by atoms with E-state index in [1.165, 1.54) is 0 Å². The van der Waals surface area contributed by atoms with Crippen LogP contribution in [0.3, 0.4) is 0 Å². The normalized spacial score (nSPS) is 18.5. The highest BCUT2D eigenvalue weighted by Gasteiger charge is 2.32. The third-order valence-electron chi connectivity index (χ3n) is 6.06. The number of amides is 2. The Bertz CT molecular complexity index is 1150. The van der Waals surface area contributed by atoms with Gasteiger partial charge in [0.25, 0.3) is 11.8 Å². The largest absolute Gasteiger partial charge is 0.365 e. The summed E-state index contributed by atoms with van der Waals surface area (Å²) in [6.45, 7) is 2.61. The van der Waals surface area contributed by atoms with E-state index in [1.807, 2.05) is 43.6 Å². The Kier molecular flexibility index (Phi) is 5.44. The van der Waals surface area contributed by atoms with E-state index in [0.29, 0.717) is 54.8 Å². The van der Waals surface area contributed by atoms with E-state index in [4.69, 9.17) is 16.3 Å².